The molecule has 5 nitrogen and oxygen atoms in total. The molecule has 0 saturated carbocycles. The summed E-state index contributed by atoms with van der Waals surface area (Å²) < 4.78 is 11.7. The molecule has 2 atom stereocenters. The van der Waals surface area contributed by atoms with Crippen LogP contribution in [-0.4, -0.2) is 29.1 Å². The lowest BCUT2D eigenvalue weighted by atomic mass is 9.72. The third kappa shape index (κ3) is 3.82. The van der Waals surface area contributed by atoms with Gasteiger partial charge in [0.2, 0.25) is 6.04 Å². The number of azo groups is 1. The van der Waals surface area contributed by atoms with Crippen molar-refractivity contribution >= 4 is 22.0 Å². The standard InChI is InChI=1S/C23H28N2O3Si/c1-5-27-21(26)20-23(28-29,17-14-10-7-11-15-17)18(16-12-8-6-9-13-16)19(24-25-20)22(2,3)4/h6-15,20H,5H2,1-4,29H3. The van der Waals surface area contributed by atoms with Crippen LogP contribution in [0, 0.1) is 5.41 Å². The topological polar surface area (TPSA) is 60.2 Å². The zero-order valence-electron chi connectivity index (χ0n) is 17.7. The quantitative estimate of drug-likeness (QED) is 0.554. The molecule has 2 aromatic carbocycles. The lowest BCUT2D eigenvalue weighted by Crippen LogP contribution is -2.49. The van der Waals surface area contributed by atoms with Crippen molar-refractivity contribution in [1.82, 2.24) is 0 Å². The van der Waals surface area contributed by atoms with Gasteiger partial charge in [0.15, 0.2) is 0 Å². The van der Waals surface area contributed by atoms with Gasteiger partial charge in [-0.05, 0) is 18.1 Å². The van der Waals surface area contributed by atoms with Crippen LogP contribution in [-0.2, 0) is 19.6 Å². The van der Waals surface area contributed by atoms with Crippen LogP contribution in [0.3, 0.4) is 0 Å². The molecule has 0 aromatic heterocycles. The van der Waals surface area contributed by atoms with Crippen LogP contribution < -0.4 is 0 Å². The highest BCUT2D eigenvalue weighted by Gasteiger charge is 2.53. The Morgan fingerprint density at radius 1 is 1.07 bits per heavy atom. The largest absolute Gasteiger partial charge is 0.464 e. The summed E-state index contributed by atoms with van der Waals surface area (Å²) in [5.74, 6) is -0.433. The summed E-state index contributed by atoms with van der Waals surface area (Å²) >= 11 is 0. The van der Waals surface area contributed by atoms with Crippen molar-refractivity contribution in [2.24, 2.45) is 15.6 Å². The molecule has 1 heterocycles. The predicted molar refractivity (Wildman–Crippen MR) is 117 cm³/mol. The minimum absolute atomic E-state index is 0.271. The second kappa shape index (κ2) is 8.43. The normalized spacial score (nSPS) is 22.0. The Bertz CT molecular complexity index is 920. The number of allylic oxidation sites excluding steroid dienone is 1. The van der Waals surface area contributed by atoms with E-state index in [-0.39, 0.29) is 12.0 Å². The Balaban J connectivity index is 2.40. The van der Waals surface area contributed by atoms with Crippen molar-refractivity contribution in [3.63, 3.8) is 0 Å². The fraction of sp³-hybridized carbons (Fsp3) is 0.348. The van der Waals surface area contributed by atoms with Gasteiger partial charge in [-0.3, -0.25) is 0 Å². The van der Waals surface area contributed by atoms with Crippen LogP contribution in [0.25, 0.3) is 5.57 Å². The molecule has 0 aliphatic carbocycles. The molecular weight excluding hydrogens is 380 g/mol. The van der Waals surface area contributed by atoms with E-state index in [1.807, 2.05) is 60.7 Å². The minimum atomic E-state index is -1.09. The van der Waals surface area contributed by atoms with E-state index >= 15 is 0 Å². The molecule has 0 saturated heterocycles. The number of carbonyl (C=O) groups excluding carboxylic acids is 1. The average Bonchev–Trinajstić information content (AvgIpc) is 2.73. The number of rotatable bonds is 5. The van der Waals surface area contributed by atoms with Gasteiger partial charge in [-0.2, -0.15) is 10.2 Å². The lowest BCUT2D eigenvalue weighted by molar-refractivity contribution is -0.149. The maximum Gasteiger partial charge on any atom is 0.336 e. The molecule has 29 heavy (non-hydrogen) atoms. The van der Waals surface area contributed by atoms with Crippen LogP contribution in [0.15, 0.2) is 76.6 Å². The number of benzene rings is 2. The van der Waals surface area contributed by atoms with E-state index in [9.17, 15) is 4.79 Å². The second-order valence-corrected chi connectivity index (χ2v) is 8.42. The van der Waals surface area contributed by atoms with E-state index in [0.29, 0.717) is 10.5 Å². The number of esters is 1. The van der Waals surface area contributed by atoms with Gasteiger partial charge in [0.25, 0.3) is 0 Å². The van der Waals surface area contributed by atoms with Crippen molar-refractivity contribution in [3.8, 4) is 0 Å². The summed E-state index contributed by atoms with van der Waals surface area (Å²) in [5.41, 5.74) is 2.13. The number of hydrogen-bond donors (Lipinski definition) is 0. The molecule has 1 aliphatic rings. The summed E-state index contributed by atoms with van der Waals surface area (Å²) in [6.07, 6.45) is 0. The van der Waals surface area contributed by atoms with Crippen molar-refractivity contribution in [1.29, 1.82) is 0 Å². The van der Waals surface area contributed by atoms with Crippen molar-refractivity contribution in [3.05, 3.63) is 77.5 Å². The third-order valence-corrected chi connectivity index (χ3v) is 5.72. The molecule has 0 spiro atoms. The SMILES string of the molecule is CCOC(=O)C1N=NC(C(C)(C)C)=C(c2ccccc2)C1(O[SiH3])c1ccccc1. The van der Waals surface area contributed by atoms with Gasteiger partial charge in [0, 0.05) is 11.0 Å². The average molecular weight is 409 g/mol. The van der Waals surface area contributed by atoms with Gasteiger partial charge < -0.3 is 9.16 Å². The number of hydrogen-bond acceptors (Lipinski definition) is 5. The molecule has 0 amide bonds. The van der Waals surface area contributed by atoms with Crippen LogP contribution in [0.4, 0.5) is 0 Å². The second-order valence-electron chi connectivity index (χ2n) is 8.02. The van der Waals surface area contributed by atoms with E-state index < -0.39 is 17.6 Å². The molecule has 2 unspecified atom stereocenters. The molecule has 0 radical (unpaired) electrons. The summed E-state index contributed by atoms with van der Waals surface area (Å²) in [4.78, 5) is 13.0. The highest BCUT2D eigenvalue weighted by molar-refractivity contribution is 6.01. The fourth-order valence-corrected chi connectivity index (χ4v) is 4.46. The van der Waals surface area contributed by atoms with E-state index in [0.717, 1.165) is 22.4 Å². The Labute approximate surface area is 175 Å². The van der Waals surface area contributed by atoms with Gasteiger partial charge in [0.05, 0.1) is 12.3 Å². The Hall–Kier alpha value is -2.57. The van der Waals surface area contributed by atoms with Gasteiger partial charge in [-0.15, -0.1) is 0 Å². The first-order valence-corrected chi connectivity index (χ1v) is 10.7. The monoisotopic (exact) mass is 408 g/mol. The number of nitrogens with zero attached hydrogens (tertiary/aromatic N) is 2. The highest BCUT2D eigenvalue weighted by Crippen LogP contribution is 2.51. The first kappa shape index (κ1) is 21.1. The Morgan fingerprint density at radius 3 is 2.17 bits per heavy atom. The Kier molecular flexibility index (Phi) is 6.15. The summed E-state index contributed by atoms with van der Waals surface area (Å²) in [6.45, 7) is 8.35. The molecule has 1 aliphatic heterocycles. The zero-order chi connectivity index (χ0) is 21.1. The first-order chi connectivity index (χ1) is 13.9. The smallest absolute Gasteiger partial charge is 0.336 e. The molecule has 152 valence electrons. The summed E-state index contributed by atoms with van der Waals surface area (Å²) in [6, 6.07) is 18.9. The van der Waals surface area contributed by atoms with Gasteiger partial charge in [-0.25, -0.2) is 4.79 Å². The van der Waals surface area contributed by atoms with E-state index in [1.165, 1.54) is 0 Å². The number of ether oxygens (including phenoxy) is 1. The van der Waals surface area contributed by atoms with Crippen LogP contribution in [0.5, 0.6) is 0 Å². The maximum atomic E-state index is 13.0. The van der Waals surface area contributed by atoms with E-state index in [4.69, 9.17) is 9.16 Å². The van der Waals surface area contributed by atoms with Gasteiger partial charge in [0.1, 0.15) is 16.1 Å². The summed E-state index contributed by atoms with van der Waals surface area (Å²) in [7, 11) is 0.401. The predicted octanol–water partition coefficient (Wildman–Crippen LogP) is 4.03. The Morgan fingerprint density at radius 2 is 1.66 bits per heavy atom. The first-order valence-electron chi connectivity index (χ1n) is 9.85. The molecule has 0 N–H and O–H groups in total. The fourth-order valence-electron chi connectivity index (χ4n) is 3.79. The highest BCUT2D eigenvalue weighted by atomic mass is 28.2. The molecular formula is C23H28N2O3Si. The van der Waals surface area contributed by atoms with Crippen molar-refractivity contribution in [2.45, 2.75) is 39.3 Å². The minimum Gasteiger partial charge on any atom is -0.464 e. The number of carbonyl (C=O) groups is 1. The third-order valence-electron chi connectivity index (χ3n) is 5.07. The van der Waals surface area contributed by atoms with E-state index in [2.05, 4.69) is 31.0 Å². The molecule has 3 rings (SSSR count). The molecule has 0 fully saturated rings. The summed E-state index contributed by atoms with van der Waals surface area (Å²) in [5, 5.41) is 9.01. The van der Waals surface area contributed by atoms with Crippen LogP contribution in [0.2, 0.25) is 0 Å². The van der Waals surface area contributed by atoms with E-state index in [1.54, 1.807) is 6.92 Å². The molecule has 6 heteroatoms. The lowest BCUT2D eigenvalue weighted by Gasteiger charge is -2.43. The maximum absolute atomic E-state index is 13.0. The van der Waals surface area contributed by atoms with Crippen LogP contribution >= 0.6 is 0 Å². The van der Waals surface area contributed by atoms with Gasteiger partial charge >= 0.3 is 5.97 Å². The van der Waals surface area contributed by atoms with Gasteiger partial charge in [-0.1, -0.05) is 81.4 Å². The molecule has 2 aromatic rings. The van der Waals surface area contributed by atoms with Crippen molar-refractivity contribution < 1.29 is 14.0 Å². The zero-order valence-corrected chi connectivity index (χ0v) is 19.7. The molecule has 0 bridgehead atoms. The van der Waals surface area contributed by atoms with Crippen molar-refractivity contribution in [2.75, 3.05) is 6.61 Å². The van der Waals surface area contributed by atoms with Crippen LogP contribution in [0.1, 0.15) is 38.8 Å².